The van der Waals surface area contributed by atoms with Gasteiger partial charge in [-0.25, -0.2) is 9.59 Å². The van der Waals surface area contributed by atoms with Gasteiger partial charge in [0.1, 0.15) is 0 Å². The van der Waals surface area contributed by atoms with Crippen molar-refractivity contribution in [3.8, 4) is 0 Å². The maximum absolute atomic E-state index is 11.4. The van der Waals surface area contributed by atoms with Crippen molar-refractivity contribution in [2.75, 3.05) is 5.32 Å². The molecule has 0 bridgehead atoms. The zero-order valence-corrected chi connectivity index (χ0v) is 9.62. The van der Waals surface area contributed by atoms with E-state index in [2.05, 4.69) is 10.6 Å². The largest absolute Gasteiger partial charge is 0.478 e. The van der Waals surface area contributed by atoms with Crippen LogP contribution in [0.2, 0.25) is 5.02 Å². The van der Waals surface area contributed by atoms with Gasteiger partial charge in [0.05, 0.1) is 16.3 Å². The van der Waals surface area contributed by atoms with E-state index in [9.17, 15) is 9.59 Å². The van der Waals surface area contributed by atoms with Gasteiger partial charge in [-0.3, -0.25) is 0 Å². The van der Waals surface area contributed by atoms with Crippen LogP contribution in [0.25, 0.3) is 0 Å². The minimum atomic E-state index is -1.05. The molecule has 1 aromatic rings. The fourth-order valence-corrected chi connectivity index (χ4v) is 1.55. The van der Waals surface area contributed by atoms with Gasteiger partial charge in [-0.05, 0) is 31.0 Å². The molecule has 2 amide bonds. The molecule has 6 heteroatoms. The van der Waals surface area contributed by atoms with Crippen molar-refractivity contribution in [3.05, 3.63) is 28.8 Å². The molecule has 0 atom stereocenters. The third-order valence-electron chi connectivity index (χ3n) is 2.38. The lowest BCUT2D eigenvalue weighted by atomic mass is 10.2. The number of anilines is 1. The molecule has 1 aliphatic carbocycles. The normalized spacial score (nSPS) is 14.2. The summed E-state index contributed by atoms with van der Waals surface area (Å²) < 4.78 is 0. The second-order valence-corrected chi connectivity index (χ2v) is 4.28. The molecule has 0 unspecified atom stereocenters. The highest BCUT2D eigenvalue weighted by atomic mass is 35.5. The first kappa shape index (κ1) is 11.7. The van der Waals surface area contributed by atoms with Gasteiger partial charge < -0.3 is 15.7 Å². The quantitative estimate of drug-likeness (QED) is 0.775. The molecule has 1 saturated carbocycles. The number of aromatic carboxylic acids is 1. The van der Waals surface area contributed by atoms with Crippen LogP contribution in [0.1, 0.15) is 23.2 Å². The Morgan fingerprint density at radius 2 is 2.06 bits per heavy atom. The van der Waals surface area contributed by atoms with Crippen LogP contribution < -0.4 is 10.6 Å². The Labute approximate surface area is 103 Å². The summed E-state index contributed by atoms with van der Waals surface area (Å²) in [7, 11) is 0. The van der Waals surface area contributed by atoms with E-state index < -0.39 is 5.97 Å². The van der Waals surface area contributed by atoms with Crippen molar-refractivity contribution in [1.29, 1.82) is 0 Å². The number of carboxylic acids is 1. The summed E-state index contributed by atoms with van der Waals surface area (Å²) in [5.41, 5.74) is 0.484. The molecule has 1 aliphatic rings. The Kier molecular flexibility index (Phi) is 3.19. The highest BCUT2D eigenvalue weighted by Gasteiger charge is 2.23. The smallest absolute Gasteiger partial charge is 0.335 e. The third kappa shape index (κ3) is 3.10. The van der Waals surface area contributed by atoms with Crippen LogP contribution in [-0.2, 0) is 0 Å². The lowest BCUT2D eigenvalue weighted by Gasteiger charge is -2.08. The third-order valence-corrected chi connectivity index (χ3v) is 2.69. The summed E-state index contributed by atoms with van der Waals surface area (Å²) in [6, 6.07) is 4.10. The minimum Gasteiger partial charge on any atom is -0.478 e. The number of benzene rings is 1. The maximum atomic E-state index is 11.4. The lowest BCUT2D eigenvalue weighted by Crippen LogP contribution is -2.30. The Balaban J connectivity index is 2.04. The second kappa shape index (κ2) is 4.63. The molecular formula is C11H11ClN2O3. The molecule has 0 aliphatic heterocycles. The second-order valence-electron chi connectivity index (χ2n) is 3.87. The van der Waals surface area contributed by atoms with Crippen molar-refractivity contribution in [1.82, 2.24) is 5.32 Å². The van der Waals surface area contributed by atoms with Crippen LogP contribution in [0, 0.1) is 0 Å². The molecule has 0 aromatic heterocycles. The van der Waals surface area contributed by atoms with Crippen LogP contribution in [0.3, 0.4) is 0 Å². The molecule has 2 rings (SSSR count). The van der Waals surface area contributed by atoms with Crippen LogP contribution in [0.4, 0.5) is 10.5 Å². The van der Waals surface area contributed by atoms with Crippen molar-refractivity contribution in [2.45, 2.75) is 18.9 Å². The van der Waals surface area contributed by atoms with E-state index in [0.717, 1.165) is 12.8 Å². The number of urea groups is 1. The van der Waals surface area contributed by atoms with E-state index in [0.29, 0.717) is 5.69 Å². The molecule has 0 saturated heterocycles. The number of carbonyl (C=O) groups excluding carboxylic acids is 1. The molecule has 90 valence electrons. The fourth-order valence-electron chi connectivity index (χ4n) is 1.32. The van der Waals surface area contributed by atoms with Gasteiger partial charge in [0.15, 0.2) is 0 Å². The minimum absolute atomic E-state index is 0.0863. The molecule has 0 radical (unpaired) electrons. The lowest BCUT2D eigenvalue weighted by molar-refractivity contribution is 0.0697. The van der Waals surface area contributed by atoms with Crippen LogP contribution >= 0.6 is 11.6 Å². The number of carbonyl (C=O) groups is 2. The number of halogens is 1. The molecule has 3 N–H and O–H groups in total. The number of amides is 2. The number of carboxylic acid groups (broad SMARTS) is 1. The van der Waals surface area contributed by atoms with Crippen LogP contribution in [-0.4, -0.2) is 23.1 Å². The van der Waals surface area contributed by atoms with E-state index in [1.54, 1.807) is 0 Å². The SMILES string of the molecule is O=C(Nc1ccc(C(=O)O)cc1Cl)NC1CC1. The summed E-state index contributed by atoms with van der Waals surface area (Å²) in [5, 5.41) is 14.3. The molecule has 1 aromatic carbocycles. The summed E-state index contributed by atoms with van der Waals surface area (Å²) in [6.45, 7) is 0. The van der Waals surface area contributed by atoms with E-state index in [1.165, 1.54) is 18.2 Å². The summed E-state index contributed by atoms with van der Waals surface area (Å²) in [5.74, 6) is -1.05. The maximum Gasteiger partial charge on any atom is 0.335 e. The first-order chi connectivity index (χ1) is 8.06. The first-order valence-electron chi connectivity index (χ1n) is 5.16. The first-order valence-corrected chi connectivity index (χ1v) is 5.54. The van der Waals surface area contributed by atoms with Crippen molar-refractivity contribution >= 4 is 29.3 Å². The molecule has 5 nitrogen and oxygen atoms in total. The van der Waals surface area contributed by atoms with E-state index in [-0.39, 0.29) is 22.7 Å². The highest BCUT2D eigenvalue weighted by molar-refractivity contribution is 6.34. The van der Waals surface area contributed by atoms with Gasteiger partial charge in [-0.2, -0.15) is 0 Å². The average Bonchev–Trinajstić information content (AvgIpc) is 3.04. The Morgan fingerprint density at radius 3 is 2.59 bits per heavy atom. The molecule has 0 heterocycles. The van der Waals surface area contributed by atoms with Crippen LogP contribution in [0.5, 0.6) is 0 Å². The van der Waals surface area contributed by atoms with Crippen LogP contribution in [0.15, 0.2) is 18.2 Å². The van der Waals surface area contributed by atoms with Gasteiger partial charge in [0.25, 0.3) is 0 Å². The van der Waals surface area contributed by atoms with Gasteiger partial charge >= 0.3 is 12.0 Å². The van der Waals surface area contributed by atoms with Gasteiger partial charge in [0, 0.05) is 6.04 Å². The van der Waals surface area contributed by atoms with Crippen molar-refractivity contribution < 1.29 is 14.7 Å². The fraction of sp³-hybridized carbons (Fsp3) is 0.273. The number of hydrogen-bond acceptors (Lipinski definition) is 2. The average molecular weight is 255 g/mol. The molecule has 1 fully saturated rings. The molecular weight excluding hydrogens is 244 g/mol. The number of rotatable bonds is 3. The Hall–Kier alpha value is -1.75. The monoisotopic (exact) mass is 254 g/mol. The zero-order chi connectivity index (χ0) is 12.4. The standard InChI is InChI=1S/C11H11ClN2O3/c12-8-5-6(10(15)16)1-4-9(8)14-11(17)13-7-2-3-7/h1,4-5,7H,2-3H2,(H,15,16)(H2,13,14,17). The number of hydrogen-bond donors (Lipinski definition) is 3. The predicted octanol–water partition coefficient (Wildman–Crippen LogP) is 2.32. The van der Waals surface area contributed by atoms with Gasteiger partial charge in [-0.1, -0.05) is 11.6 Å². The molecule has 0 spiro atoms. The predicted molar refractivity (Wildman–Crippen MR) is 63.6 cm³/mol. The summed E-state index contributed by atoms with van der Waals surface area (Å²) >= 11 is 5.86. The number of nitrogens with one attached hydrogen (secondary N) is 2. The Bertz CT molecular complexity index is 472. The summed E-state index contributed by atoms with van der Waals surface area (Å²) in [4.78, 5) is 22.1. The van der Waals surface area contributed by atoms with Crippen molar-refractivity contribution in [2.24, 2.45) is 0 Å². The van der Waals surface area contributed by atoms with Crippen molar-refractivity contribution in [3.63, 3.8) is 0 Å². The zero-order valence-electron chi connectivity index (χ0n) is 8.87. The van der Waals surface area contributed by atoms with E-state index in [1.807, 2.05) is 0 Å². The summed E-state index contributed by atoms with van der Waals surface area (Å²) in [6.07, 6.45) is 2.00. The molecule has 17 heavy (non-hydrogen) atoms. The Morgan fingerprint density at radius 1 is 1.35 bits per heavy atom. The van der Waals surface area contributed by atoms with E-state index >= 15 is 0 Å². The topological polar surface area (TPSA) is 78.4 Å². The highest BCUT2D eigenvalue weighted by Crippen LogP contribution is 2.24. The van der Waals surface area contributed by atoms with Gasteiger partial charge in [0.2, 0.25) is 0 Å². The van der Waals surface area contributed by atoms with Gasteiger partial charge in [-0.15, -0.1) is 0 Å². The van der Waals surface area contributed by atoms with E-state index in [4.69, 9.17) is 16.7 Å².